The summed E-state index contributed by atoms with van der Waals surface area (Å²) in [4.78, 5) is 17.8. The molecule has 0 amide bonds. The van der Waals surface area contributed by atoms with E-state index in [1.165, 1.54) is 0 Å². The summed E-state index contributed by atoms with van der Waals surface area (Å²) in [6, 6.07) is 0. The summed E-state index contributed by atoms with van der Waals surface area (Å²) >= 11 is 0. The number of carboxylic acids is 2. The average molecular weight is 168 g/mol. The monoisotopic (exact) mass is 168 g/mol. The van der Waals surface area contributed by atoms with Crippen LogP contribution in [0.5, 0.6) is 0 Å². The third-order valence-corrected chi connectivity index (χ3v) is 0. The van der Waals surface area contributed by atoms with Gasteiger partial charge in [0, 0.05) is 11.9 Å². The average Bonchev–Trinajstić information content (AvgIpc) is 1.25. The van der Waals surface area contributed by atoms with Crippen LogP contribution in [0.4, 0.5) is 0 Å². The van der Waals surface area contributed by atoms with Gasteiger partial charge in [0.25, 0.3) is 0 Å². The van der Waals surface area contributed by atoms with Crippen molar-refractivity contribution in [3.63, 3.8) is 0 Å². The molecule has 0 saturated carbocycles. The van der Waals surface area contributed by atoms with Gasteiger partial charge in [-0.2, -0.15) is 0 Å². The number of carbonyl (C=O) groups is 2. The molecule has 0 aromatic carbocycles. The summed E-state index contributed by atoms with van der Waals surface area (Å²) in [6.07, 6.45) is 0. The van der Waals surface area contributed by atoms with E-state index < -0.39 is 11.9 Å². The van der Waals surface area contributed by atoms with Gasteiger partial charge in [-0.05, 0) is 13.8 Å². The molecule has 0 bridgehead atoms. The molecular weight excluding hydrogens is 158 g/mol. The molecular formula is C4H10Li2O6. The van der Waals surface area contributed by atoms with Crippen LogP contribution in [0.2, 0.25) is 0 Å². The molecule has 0 saturated heterocycles. The number of carbonyl (C=O) groups excluding carboxylic acids is 2. The van der Waals surface area contributed by atoms with Gasteiger partial charge in [0.2, 0.25) is 0 Å². The van der Waals surface area contributed by atoms with Gasteiger partial charge >= 0.3 is 37.7 Å². The molecule has 12 heavy (non-hydrogen) atoms. The standard InChI is InChI=1S/2C2H4O2.2Li.2H2O/c2*1-2(3)4;;;;/h2*1H3,(H,3,4);;;2*1H2/q;;2*+1;;/p-2. The van der Waals surface area contributed by atoms with Crippen molar-refractivity contribution < 1.29 is 68.5 Å². The first-order chi connectivity index (χ1) is 3.46. The van der Waals surface area contributed by atoms with Crippen LogP contribution < -0.4 is 47.9 Å². The van der Waals surface area contributed by atoms with Gasteiger partial charge in [-0.1, -0.05) is 0 Å². The molecule has 0 aliphatic rings. The van der Waals surface area contributed by atoms with Crippen LogP contribution in [0.15, 0.2) is 0 Å². The van der Waals surface area contributed by atoms with Crippen molar-refractivity contribution in [2.24, 2.45) is 0 Å². The molecule has 8 heteroatoms. The molecule has 0 heterocycles. The summed E-state index contributed by atoms with van der Waals surface area (Å²) in [5.74, 6) is -2.17. The Morgan fingerprint density at radius 2 is 0.833 bits per heavy atom. The normalized spacial score (nSPS) is 4.17. The molecule has 64 valence electrons. The second kappa shape index (κ2) is 30.5. The minimum Gasteiger partial charge on any atom is -0.550 e. The van der Waals surface area contributed by atoms with E-state index in [1.54, 1.807) is 0 Å². The van der Waals surface area contributed by atoms with E-state index in [0.717, 1.165) is 13.8 Å². The molecule has 0 aromatic heterocycles. The molecule has 0 aliphatic heterocycles. The Hall–Kier alpha value is 0.0548. The maximum Gasteiger partial charge on any atom is 1.00 e. The number of aliphatic carboxylic acids is 2. The third-order valence-electron chi connectivity index (χ3n) is 0. The van der Waals surface area contributed by atoms with Crippen LogP contribution in [0, 0.1) is 0 Å². The van der Waals surface area contributed by atoms with Crippen molar-refractivity contribution in [2.75, 3.05) is 0 Å². The predicted octanol–water partition coefficient (Wildman–Crippen LogP) is -10.1. The van der Waals surface area contributed by atoms with E-state index in [4.69, 9.17) is 19.8 Å². The van der Waals surface area contributed by atoms with Crippen molar-refractivity contribution >= 4 is 11.9 Å². The quantitative estimate of drug-likeness (QED) is 0.330. The van der Waals surface area contributed by atoms with E-state index >= 15 is 0 Å². The van der Waals surface area contributed by atoms with Crippen LogP contribution >= 0.6 is 0 Å². The molecule has 0 aromatic rings. The fourth-order valence-corrected chi connectivity index (χ4v) is 0. The third kappa shape index (κ3) is 274000. The van der Waals surface area contributed by atoms with Crippen LogP contribution in [-0.2, 0) is 9.59 Å². The summed E-state index contributed by atoms with van der Waals surface area (Å²) in [6.45, 7) is 1.94. The van der Waals surface area contributed by atoms with E-state index in [0.29, 0.717) is 0 Å². The first kappa shape index (κ1) is 40.2. The van der Waals surface area contributed by atoms with Gasteiger partial charge < -0.3 is 30.8 Å². The summed E-state index contributed by atoms with van der Waals surface area (Å²) in [5.41, 5.74) is 0. The maximum absolute atomic E-state index is 8.89. The summed E-state index contributed by atoms with van der Waals surface area (Å²) < 4.78 is 0. The van der Waals surface area contributed by atoms with Gasteiger partial charge in [-0.3, -0.25) is 0 Å². The molecule has 6 nitrogen and oxygen atoms in total. The van der Waals surface area contributed by atoms with E-state index in [-0.39, 0.29) is 48.7 Å². The van der Waals surface area contributed by atoms with Gasteiger partial charge in [0.15, 0.2) is 0 Å². The van der Waals surface area contributed by atoms with Crippen molar-refractivity contribution in [1.29, 1.82) is 0 Å². The largest absolute Gasteiger partial charge is 1.00 e. The fourth-order valence-electron chi connectivity index (χ4n) is 0. The van der Waals surface area contributed by atoms with Crippen LogP contribution in [0.25, 0.3) is 0 Å². The Balaban J connectivity index is -0.0000000112. The number of hydrogen-bond donors (Lipinski definition) is 0. The van der Waals surface area contributed by atoms with Crippen LogP contribution in [0.1, 0.15) is 13.8 Å². The summed E-state index contributed by atoms with van der Waals surface area (Å²) in [7, 11) is 0. The number of rotatable bonds is 0. The Bertz CT molecular complexity index is 75.5. The molecule has 0 fully saturated rings. The van der Waals surface area contributed by atoms with E-state index in [2.05, 4.69) is 0 Å². The molecule has 0 unspecified atom stereocenters. The smallest absolute Gasteiger partial charge is 0.550 e. The molecule has 0 rings (SSSR count). The topological polar surface area (TPSA) is 143 Å². The summed E-state index contributed by atoms with van der Waals surface area (Å²) in [5, 5.41) is 17.8. The van der Waals surface area contributed by atoms with Gasteiger partial charge in [-0.15, -0.1) is 0 Å². The van der Waals surface area contributed by atoms with E-state index in [9.17, 15) is 0 Å². The van der Waals surface area contributed by atoms with Crippen molar-refractivity contribution in [3.8, 4) is 0 Å². The Morgan fingerprint density at radius 1 is 0.833 bits per heavy atom. The zero-order valence-corrected chi connectivity index (χ0v) is 7.63. The Morgan fingerprint density at radius 3 is 0.833 bits per heavy atom. The molecule has 0 atom stereocenters. The maximum atomic E-state index is 8.89. The zero-order valence-electron chi connectivity index (χ0n) is 7.63. The molecule has 4 N–H and O–H groups in total. The van der Waals surface area contributed by atoms with Gasteiger partial charge in [0.1, 0.15) is 0 Å². The second-order valence-corrected chi connectivity index (χ2v) is 0.983. The van der Waals surface area contributed by atoms with Crippen molar-refractivity contribution in [2.45, 2.75) is 13.8 Å². The van der Waals surface area contributed by atoms with Gasteiger partial charge in [0.05, 0.1) is 0 Å². The number of hydrogen-bond acceptors (Lipinski definition) is 4. The Labute approximate surface area is 94.3 Å². The molecule has 0 spiro atoms. The van der Waals surface area contributed by atoms with Crippen molar-refractivity contribution in [1.82, 2.24) is 0 Å². The van der Waals surface area contributed by atoms with E-state index in [1.807, 2.05) is 0 Å². The fraction of sp³-hybridized carbons (Fsp3) is 0.500. The Kier molecular flexibility index (Phi) is 102. The van der Waals surface area contributed by atoms with Crippen LogP contribution in [-0.4, -0.2) is 22.9 Å². The minimum atomic E-state index is -1.08. The molecule has 0 radical (unpaired) electrons. The van der Waals surface area contributed by atoms with Crippen LogP contribution in [0.3, 0.4) is 0 Å². The zero-order chi connectivity index (χ0) is 7.15. The first-order valence-corrected chi connectivity index (χ1v) is 1.82. The van der Waals surface area contributed by atoms with Gasteiger partial charge in [-0.25, -0.2) is 0 Å². The second-order valence-electron chi connectivity index (χ2n) is 0.983. The SMILES string of the molecule is CC(=O)[O-].CC(=O)[O-].O.O.[Li+].[Li+]. The number of carboxylic acid groups (broad SMARTS) is 2. The molecule has 0 aliphatic carbocycles. The minimum absolute atomic E-state index is 0. The predicted molar refractivity (Wildman–Crippen MR) is 28.6 cm³/mol. The van der Waals surface area contributed by atoms with Crippen molar-refractivity contribution in [3.05, 3.63) is 0 Å². The first-order valence-electron chi connectivity index (χ1n) is 1.82.